The summed E-state index contributed by atoms with van der Waals surface area (Å²) in [5.74, 6) is 2.64. The van der Waals surface area contributed by atoms with E-state index in [1.54, 1.807) is 6.33 Å². The molecule has 1 aliphatic heterocycles. The summed E-state index contributed by atoms with van der Waals surface area (Å²) in [5.41, 5.74) is 3.65. The van der Waals surface area contributed by atoms with E-state index in [1.807, 2.05) is 0 Å². The standard InChI is InChI=1S/C20H28N6/c1-20(2,3)17-8-9-18(25-24-17)26-11-14(12-26)10-21-19-15-6-4-5-7-16(15)22-13-23-19/h8-9,13-14H,4-7,10-12H2,1-3H3,(H,21,22,23). The van der Waals surface area contributed by atoms with Crippen LogP contribution in [0.2, 0.25) is 0 Å². The van der Waals surface area contributed by atoms with Crippen molar-refractivity contribution in [3.63, 3.8) is 0 Å². The van der Waals surface area contributed by atoms with Crippen molar-refractivity contribution in [3.05, 3.63) is 35.4 Å². The van der Waals surface area contributed by atoms with Crippen LogP contribution in [0.4, 0.5) is 11.6 Å². The maximum absolute atomic E-state index is 4.47. The maximum Gasteiger partial charge on any atom is 0.151 e. The van der Waals surface area contributed by atoms with Gasteiger partial charge in [0, 0.05) is 42.2 Å². The Morgan fingerprint density at radius 3 is 2.62 bits per heavy atom. The highest BCUT2D eigenvalue weighted by molar-refractivity contribution is 5.48. The lowest BCUT2D eigenvalue weighted by molar-refractivity contribution is 0.424. The highest BCUT2D eigenvalue weighted by atomic mass is 15.3. The number of hydrogen-bond acceptors (Lipinski definition) is 6. The van der Waals surface area contributed by atoms with E-state index >= 15 is 0 Å². The molecule has 1 aliphatic carbocycles. The molecule has 0 atom stereocenters. The lowest BCUT2D eigenvalue weighted by Gasteiger charge is -2.40. The number of aryl methyl sites for hydroxylation is 1. The van der Waals surface area contributed by atoms with Gasteiger partial charge < -0.3 is 10.2 Å². The second-order valence-corrected chi connectivity index (χ2v) is 8.53. The van der Waals surface area contributed by atoms with Crippen molar-refractivity contribution in [3.8, 4) is 0 Å². The quantitative estimate of drug-likeness (QED) is 0.912. The fourth-order valence-corrected chi connectivity index (χ4v) is 3.69. The van der Waals surface area contributed by atoms with Gasteiger partial charge in [-0.3, -0.25) is 0 Å². The van der Waals surface area contributed by atoms with Gasteiger partial charge in [-0.15, -0.1) is 5.10 Å². The Bertz CT molecular complexity index is 759. The largest absolute Gasteiger partial charge is 0.369 e. The van der Waals surface area contributed by atoms with Gasteiger partial charge >= 0.3 is 0 Å². The lowest BCUT2D eigenvalue weighted by atomic mass is 9.92. The Hall–Kier alpha value is -2.24. The molecule has 6 nitrogen and oxygen atoms in total. The molecule has 0 unspecified atom stereocenters. The Morgan fingerprint density at radius 1 is 1.08 bits per heavy atom. The van der Waals surface area contributed by atoms with Crippen LogP contribution in [0, 0.1) is 5.92 Å². The molecule has 6 heteroatoms. The zero-order valence-corrected chi connectivity index (χ0v) is 16.0. The minimum atomic E-state index is 0.0452. The summed E-state index contributed by atoms with van der Waals surface area (Å²) in [5, 5.41) is 12.4. The Kier molecular flexibility index (Phi) is 4.51. The van der Waals surface area contributed by atoms with E-state index in [2.05, 4.69) is 63.3 Å². The van der Waals surface area contributed by atoms with Gasteiger partial charge in [-0.05, 0) is 37.8 Å². The maximum atomic E-state index is 4.47. The summed E-state index contributed by atoms with van der Waals surface area (Å²) in [6.07, 6.45) is 6.38. The lowest BCUT2D eigenvalue weighted by Crippen LogP contribution is -2.50. The molecule has 26 heavy (non-hydrogen) atoms. The van der Waals surface area contributed by atoms with E-state index in [-0.39, 0.29) is 5.41 Å². The second-order valence-electron chi connectivity index (χ2n) is 8.53. The number of fused-ring (bicyclic) bond motifs is 1. The van der Waals surface area contributed by atoms with Crippen LogP contribution < -0.4 is 10.2 Å². The first-order valence-corrected chi connectivity index (χ1v) is 9.66. The second kappa shape index (κ2) is 6.82. The van der Waals surface area contributed by atoms with Crippen LogP contribution in [-0.2, 0) is 18.3 Å². The van der Waals surface area contributed by atoms with Gasteiger partial charge in [0.2, 0.25) is 0 Å². The molecular weight excluding hydrogens is 324 g/mol. The molecule has 0 saturated carbocycles. The average molecular weight is 352 g/mol. The topological polar surface area (TPSA) is 66.8 Å². The number of aromatic nitrogens is 4. The predicted molar refractivity (Wildman–Crippen MR) is 104 cm³/mol. The summed E-state index contributed by atoms with van der Waals surface area (Å²) < 4.78 is 0. The molecule has 3 heterocycles. The first kappa shape index (κ1) is 17.2. The van der Waals surface area contributed by atoms with Gasteiger partial charge in [0.15, 0.2) is 5.82 Å². The third-order valence-corrected chi connectivity index (χ3v) is 5.38. The van der Waals surface area contributed by atoms with Crippen molar-refractivity contribution in [1.82, 2.24) is 20.2 Å². The van der Waals surface area contributed by atoms with Crippen molar-refractivity contribution in [2.24, 2.45) is 5.92 Å². The zero-order valence-electron chi connectivity index (χ0n) is 16.0. The van der Waals surface area contributed by atoms with E-state index in [0.717, 1.165) is 49.8 Å². The van der Waals surface area contributed by atoms with E-state index in [1.165, 1.54) is 24.1 Å². The highest BCUT2D eigenvalue weighted by Gasteiger charge is 2.29. The predicted octanol–water partition coefficient (Wildman–Crippen LogP) is 2.99. The van der Waals surface area contributed by atoms with Crippen molar-refractivity contribution >= 4 is 11.6 Å². The van der Waals surface area contributed by atoms with Crippen LogP contribution in [0.25, 0.3) is 0 Å². The number of hydrogen-bond donors (Lipinski definition) is 1. The molecule has 2 aromatic rings. The number of anilines is 2. The van der Waals surface area contributed by atoms with Crippen LogP contribution in [0.3, 0.4) is 0 Å². The van der Waals surface area contributed by atoms with E-state index in [0.29, 0.717) is 5.92 Å². The number of nitrogens with one attached hydrogen (secondary N) is 1. The monoisotopic (exact) mass is 352 g/mol. The normalized spacial score (nSPS) is 17.6. The van der Waals surface area contributed by atoms with E-state index in [9.17, 15) is 0 Å². The van der Waals surface area contributed by atoms with Crippen LogP contribution in [0.15, 0.2) is 18.5 Å². The third-order valence-electron chi connectivity index (χ3n) is 5.38. The fourth-order valence-electron chi connectivity index (χ4n) is 3.69. The molecule has 1 saturated heterocycles. The Morgan fingerprint density at radius 2 is 1.88 bits per heavy atom. The van der Waals surface area contributed by atoms with Gasteiger partial charge in [0.05, 0.1) is 5.69 Å². The van der Waals surface area contributed by atoms with Gasteiger partial charge in [-0.2, -0.15) is 5.10 Å². The number of rotatable bonds is 4. The fraction of sp³-hybridized carbons (Fsp3) is 0.600. The van der Waals surface area contributed by atoms with Crippen molar-refractivity contribution in [2.45, 2.75) is 51.9 Å². The Balaban J connectivity index is 1.31. The van der Waals surface area contributed by atoms with Gasteiger partial charge in [-0.25, -0.2) is 9.97 Å². The average Bonchev–Trinajstić information content (AvgIpc) is 2.60. The molecule has 2 aromatic heterocycles. The molecule has 0 spiro atoms. The summed E-state index contributed by atoms with van der Waals surface area (Å²) >= 11 is 0. The molecule has 138 valence electrons. The van der Waals surface area contributed by atoms with Crippen molar-refractivity contribution in [1.29, 1.82) is 0 Å². The van der Waals surface area contributed by atoms with Crippen molar-refractivity contribution in [2.75, 3.05) is 29.9 Å². The highest BCUT2D eigenvalue weighted by Crippen LogP contribution is 2.27. The van der Waals surface area contributed by atoms with Gasteiger partial charge in [-0.1, -0.05) is 20.8 Å². The van der Waals surface area contributed by atoms with E-state index < -0.39 is 0 Å². The van der Waals surface area contributed by atoms with Crippen molar-refractivity contribution < 1.29 is 0 Å². The molecule has 1 N–H and O–H groups in total. The molecule has 1 fully saturated rings. The summed E-state index contributed by atoms with van der Waals surface area (Å²) in [4.78, 5) is 11.2. The molecule has 2 aliphatic rings. The van der Waals surface area contributed by atoms with E-state index in [4.69, 9.17) is 0 Å². The number of nitrogens with zero attached hydrogens (tertiary/aromatic N) is 5. The summed E-state index contributed by atoms with van der Waals surface area (Å²) in [7, 11) is 0. The molecular formula is C20H28N6. The SMILES string of the molecule is CC(C)(C)c1ccc(N2CC(CNc3ncnc4c3CCCC4)C2)nn1. The minimum absolute atomic E-state index is 0.0452. The zero-order chi connectivity index (χ0) is 18.1. The third kappa shape index (κ3) is 3.50. The molecule has 0 amide bonds. The van der Waals surface area contributed by atoms with Gasteiger partial charge in [0.1, 0.15) is 12.1 Å². The summed E-state index contributed by atoms with van der Waals surface area (Å²) in [6, 6.07) is 4.19. The Labute approximate surface area is 155 Å². The van der Waals surface area contributed by atoms with Crippen LogP contribution in [0.1, 0.15) is 50.6 Å². The first-order valence-electron chi connectivity index (χ1n) is 9.66. The minimum Gasteiger partial charge on any atom is -0.369 e. The molecule has 0 radical (unpaired) electrons. The smallest absolute Gasteiger partial charge is 0.151 e. The molecule has 0 aromatic carbocycles. The molecule has 0 bridgehead atoms. The summed E-state index contributed by atoms with van der Waals surface area (Å²) in [6.45, 7) is 9.47. The van der Waals surface area contributed by atoms with Crippen LogP contribution >= 0.6 is 0 Å². The van der Waals surface area contributed by atoms with Gasteiger partial charge in [0.25, 0.3) is 0 Å². The first-order chi connectivity index (χ1) is 12.5. The molecule has 4 rings (SSSR count). The van der Waals surface area contributed by atoms with Crippen LogP contribution in [0.5, 0.6) is 0 Å². The van der Waals surface area contributed by atoms with Crippen LogP contribution in [-0.4, -0.2) is 39.8 Å².